The summed E-state index contributed by atoms with van der Waals surface area (Å²) in [5, 5.41) is 0.831. The Hall–Kier alpha value is -2.52. The monoisotopic (exact) mass is 469 g/mol. The molecule has 0 fully saturated rings. The first-order chi connectivity index (χ1) is 14.7. The molecule has 2 aromatic carbocycles. The molecule has 31 heavy (non-hydrogen) atoms. The van der Waals surface area contributed by atoms with Crippen molar-refractivity contribution in [3.05, 3.63) is 69.2 Å². The van der Waals surface area contributed by atoms with Gasteiger partial charge in [0.1, 0.15) is 5.82 Å². The summed E-state index contributed by atoms with van der Waals surface area (Å²) in [4.78, 5) is 34.0. The van der Waals surface area contributed by atoms with E-state index in [1.54, 1.807) is 18.2 Å². The summed E-state index contributed by atoms with van der Waals surface area (Å²) in [5.41, 5.74) is -0.667. The second-order valence-corrected chi connectivity index (χ2v) is 8.29. The minimum atomic E-state index is -4.44. The lowest BCUT2D eigenvalue weighted by Gasteiger charge is -2.21. The Kier molecular flexibility index (Phi) is 7.27. The number of hydrogen-bond donors (Lipinski definition) is 1. The van der Waals surface area contributed by atoms with Gasteiger partial charge in [-0.3, -0.25) is 9.59 Å². The van der Waals surface area contributed by atoms with Crippen LogP contribution in [0.4, 0.5) is 13.2 Å². The highest BCUT2D eigenvalue weighted by molar-refractivity contribution is 8.00. The number of nitrogens with one attached hydrogen (secondary N) is 1. The van der Waals surface area contributed by atoms with E-state index < -0.39 is 11.7 Å². The second-order valence-electron chi connectivity index (χ2n) is 6.80. The Balaban J connectivity index is 1.74. The number of rotatable bonds is 7. The number of carbonyl (C=O) groups is 1. The van der Waals surface area contributed by atoms with Gasteiger partial charge in [0, 0.05) is 16.5 Å². The van der Waals surface area contributed by atoms with Gasteiger partial charge in [0.05, 0.1) is 28.8 Å². The summed E-state index contributed by atoms with van der Waals surface area (Å²) in [5.74, 6) is 0.00837. The molecule has 1 N–H and O–H groups in total. The van der Waals surface area contributed by atoms with Gasteiger partial charge in [0.15, 0.2) is 0 Å². The fourth-order valence-corrected chi connectivity index (χ4v) is 4.00. The van der Waals surface area contributed by atoms with Crippen LogP contribution in [0.25, 0.3) is 10.9 Å². The van der Waals surface area contributed by atoms with Crippen molar-refractivity contribution in [3.8, 4) is 0 Å². The zero-order valence-corrected chi connectivity index (χ0v) is 18.1. The van der Waals surface area contributed by atoms with E-state index in [2.05, 4.69) is 9.97 Å². The zero-order valence-electron chi connectivity index (χ0n) is 16.5. The van der Waals surface area contributed by atoms with Crippen LogP contribution in [0.1, 0.15) is 24.7 Å². The number of alkyl halides is 3. The Morgan fingerprint density at radius 1 is 1.23 bits per heavy atom. The first-order valence-electron chi connectivity index (χ1n) is 9.43. The molecule has 0 unspecified atom stereocenters. The largest absolute Gasteiger partial charge is 0.416 e. The molecule has 1 heterocycles. The van der Waals surface area contributed by atoms with Crippen LogP contribution in [0, 0.1) is 0 Å². The van der Waals surface area contributed by atoms with E-state index in [4.69, 9.17) is 11.6 Å². The highest BCUT2D eigenvalue weighted by Gasteiger charge is 2.30. The Morgan fingerprint density at radius 2 is 2.00 bits per heavy atom. The van der Waals surface area contributed by atoms with Crippen molar-refractivity contribution >= 4 is 40.2 Å². The van der Waals surface area contributed by atoms with Gasteiger partial charge in [-0.1, -0.05) is 24.6 Å². The van der Waals surface area contributed by atoms with Crippen LogP contribution < -0.4 is 5.56 Å². The molecule has 164 valence electrons. The smallest absolute Gasteiger partial charge is 0.335 e. The van der Waals surface area contributed by atoms with E-state index in [-0.39, 0.29) is 23.8 Å². The average molecular weight is 470 g/mol. The molecule has 0 spiro atoms. The molecule has 0 saturated carbocycles. The Labute approximate surface area is 185 Å². The average Bonchev–Trinajstić information content (AvgIpc) is 2.71. The predicted octanol–water partition coefficient (Wildman–Crippen LogP) is 5.13. The van der Waals surface area contributed by atoms with Crippen LogP contribution >= 0.6 is 23.4 Å². The maximum absolute atomic E-state index is 12.9. The third-order valence-electron chi connectivity index (χ3n) is 4.43. The summed E-state index contributed by atoms with van der Waals surface area (Å²) in [6, 6.07) is 9.60. The quantitative estimate of drug-likeness (QED) is 0.487. The van der Waals surface area contributed by atoms with Crippen molar-refractivity contribution in [1.29, 1.82) is 0 Å². The number of amides is 1. The molecule has 0 atom stereocenters. The van der Waals surface area contributed by atoms with Gasteiger partial charge < -0.3 is 9.88 Å². The van der Waals surface area contributed by atoms with Crippen molar-refractivity contribution < 1.29 is 18.0 Å². The van der Waals surface area contributed by atoms with Crippen LogP contribution in [0.2, 0.25) is 5.02 Å². The molecule has 5 nitrogen and oxygen atoms in total. The highest BCUT2D eigenvalue weighted by Crippen LogP contribution is 2.32. The van der Waals surface area contributed by atoms with Gasteiger partial charge in [-0.15, -0.1) is 11.8 Å². The lowest BCUT2D eigenvalue weighted by molar-refractivity contribution is -0.137. The van der Waals surface area contributed by atoms with E-state index in [9.17, 15) is 22.8 Å². The molecule has 1 amide bonds. The van der Waals surface area contributed by atoms with Gasteiger partial charge in [-0.25, -0.2) is 4.98 Å². The van der Waals surface area contributed by atoms with Crippen LogP contribution in [-0.2, 0) is 17.5 Å². The number of H-pyrrole nitrogens is 1. The summed E-state index contributed by atoms with van der Waals surface area (Å²) in [7, 11) is 0. The Morgan fingerprint density at radius 3 is 2.71 bits per heavy atom. The van der Waals surface area contributed by atoms with E-state index in [1.807, 2.05) is 6.92 Å². The summed E-state index contributed by atoms with van der Waals surface area (Å²) < 4.78 is 38.6. The lowest BCUT2D eigenvalue weighted by atomic mass is 10.2. The third-order valence-corrected chi connectivity index (χ3v) is 5.64. The van der Waals surface area contributed by atoms with E-state index in [0.717, 1.165) is 23.9 Å². The molecule has 1 aromatic heterocycles. The zero-order chi connectivity index (χ0) is 22.6. The number of hydrogen-bond acceptors (Lipinski definition) is 4. The van der Waals surface area contributed by atoms with Crippen molar-refractivity contribution in [2.45, 2.75) is 31.0 Å². The molecule has 10 heteroatoms. The van der Waals surface area contributed by atoms with Gasteiger partial charge in [-0.2, -0.15) is 13.2 Å². The second kappa shape index (κ2) is 9.74. The van der Waals surface area contributed by atoms with Gasteiger partial charge >= 0.3 is 6.18 Å². The molecular formula is C21H19ClF3N3O2S. The normalized spacial score (nSPS) is 11.6. The molecule has 0 aliphatic carbocycles. The van der Waals surface area contributed by atoms with E-state index in [0.29, 0.717) is 39.6 Å². The minimum Gasteiger partial charge on any atom is -0.335 e. The van der Waals surface area contributed by atoms with Crippen LogP contribution in [-0.4, -0.2) is 33.1 Å². The molecule has 0 aliphatic heterocycles. The molecule has 0 aliphatic rings. The first kappa shape index (κ1) is 23.1. The topological polar surface area (TPSA) is 66.1 Å². The summed E-state index contributed by atoms with van der Waals surface area (Å²) >= 11 is 7.01. The molecule has 3 rings (SSSR count). The Bertz CT molecular complexity index is 1150. The van der Waals surface area contributed by atoms with Crippen molar-refractivity contribution in [3.63, 3.8) is 0 Å². The first-order valence-corrected chi connectivity index (χ1v) is 10.8. The minimum absolute atomic E-state index is 0.0368. The number of carbonyl (C=O) groups excluding carboxylic acids is 1. The standard InChI is InChI=1S/C21H19ClF3N3O2S/c1-2-8-28(11-18-26-17-10-14(22)6-7-16(17)20(30)27-18)19(29)12-31-15-5-3-4-13(9-15)21(23,24)25/h3-7,9-10H,2,8,11-12H2,1H3,(H,26,27,30). The predicted molar refractivity (Wildman–Crippen MR) is 115 cm³/mol. The molecule has 0 saturated heterocycles. The third kappa shape index (κ3) is 6.01. The van der Waals surface area contributed by atoms with Gasteiger partial charge in [-0.05, 0) is 42.8 Å². The SMILES string of the molecule is CCCN(Cc1nc2cc(Cl)ccc2c(=O)[nH]1)C(=O)CSc1cccc(C(F)(F)F)c1. The van der Waals surface area contributed by atoms with Crippen molar-refractivity contribution in [1.82, 2.24) is 14.9 Å². The van der Waals surface area contributed by atoms with Gasteiger partial charge in [0.2, 0.25) is 5.91 Å². The number of aromatic amines is 1. The fourth-order valence-electron chi connectivity index (χ4n) is 2.98. The number of benzene rings is 2. The van der Waals surface area contributed by atoms with E-state index in [1.165, 1.54) is 17.0 Å². The highest BCUT2D eigenvalue weighted by atomic mass is 35.5. The van der Waals surface area contributed by atoms with E-state index >= 15 is 0 Å². The van der Waals surface area contributed by atoms with Crippen LogP contribution in [0.15, 0.2) is 52.2 Å². The molecule has 0 radical (unpaired) electrons. The lowest BCUT2D eigenvalue weighted by Crippen LogP contribution is -2.34. The van der Waals surface area contributed by atoms with Crippen LogP contribution in [0.5, 0.6) is 0 Å². The molecule has 0 bridgehead atoms. The maximum atomic E-state index is 12.9. The van der Waals surface area contributed by atoms with Gasteiger partial charge in [0.25, 0.3) is 5.56 Å². The van der Waals surface area contributed by atoms with Crippen LogP contribution in [0.3, 0.4) is 0 Å². The summed E-state index contributed by atoms with van der Waals surface area (Å²) in [6.45, 7) is 2.39. The number of fused-ring (bicyclic) bond motifs is 1. The number of nitrogens with zero attached hydrogens (tertiary/aromatic N) is 2. The molecular weight excluding hydrogens is 451 g/mol. The maximum Gasteiger partial charge on any atom is 0.416 e. The van der Waals surface area contributed by atoms with Crippen molar-refractivity contribution in [2.24, 2.45) is 0 Å². The number of thioether (sulfide) groups is 1. The van der Waals surface area contributed by atoms with Crippen molar-refractivity contribution in [2.75, 3.05) is 12.3 Å². The molecule has 3 aromatic rings. The fraction of sp³-hybridized carbons (Fsp3) is 0.286. The number of halogens is 4. The number of aromatic nitrogens is 2. The summed E-state index contributed by atoms with van der Waals surface area (Å²) in [6.07, 6.45) is -3.77.